The summed E-state index contributed by atoms with van der Waals surface area (Å²) in [5.41, 5.74) is 2.71. The minimum absolute atomic E-state index is 0.0621. The van der Waals surface area contributed by atoms with Gasteiger partial charge in [-0.3, -0.25) is 0 Å². The van der Waals surface area contributed by atoms with Crippen LogP contribution in [0.3, 0.4) is 0 Å². The molecule has 0 aliphatic heterocycles. The summed E-state index contributed by atoms with van der Waals surface area (Å²) in [6.07, 6.45) is 0. The van der Waals surface area contributed by atoms with Crippen LogP contribution in [0.4, 0.5) is 0 Å². The van der Waals surface area contributed by atoms with E-state index in [9.17, 15) is 8.42 Å². The zero-order valence-corrected chi connectivity index (χ0v) is 17.1. The number of halogens is 2. The molecule has 0 aromatic heterocycles. The zero-order valence-electron chi connectivity index (χ0n) is 14.8. The number of rotatable bonds is 5. The Kier molecular flexibility index (Phi) is 6.21. The van der Waals surface area contributed by atoms with Crippen molar-refractivity contribution in [3.63, 3.8) is 0 Å². The van der Waals surface area contributed by atoms with Gasteiger partial charge in [-0.1, -0.05) is 74.3 Å². The molecule has 136 valence electrons. The van der Waals surface area contributed by atoms with Crippen molar-refractivity contribution in [3.8, 4) is 0 Å². The molecule has 2 aromatic carbocycles. The molecule has 2 rings (SSSR count). The van der Waals surface area contributed by atoms with Gasteiger partial charge in [0.1, 0.15) is 0 Å². The second-order valence-electron chi connectivity index (χ2n) is 7.21. The molecule has 0 saturated carbocycles. The van der Waals surface area contributed by atoms with Crippen molar-refractivity contribution in [1.82, 2.24) is 4.72 Å². The molecule has 0 spiro atoms. The van der Waals surface area contributed by atoms with E-state index in [4.69, 9.17) is 23.2 Å². The summed E-state index contributed by atoms with van der Waals surface area (Å²) in [6, 6.07) is 12.5. The van der Waals surface area contributed by atoms with Gasteiger partial charge < -0.3 is 0 Å². The first kappa shape index (κ1) is 20.2. The van der Waals surface area contributed by atoms with E-state index in [1.807, 2.05) is 31.2 Å². The van der Waals surface area contributed by atoms with Crippen molar-refractivity contribution in [2.75, 3.05) is 0 Å². The molecule has 0 saturated heterocycles. The van der Waals surface area contributed by atoms with E-state index >= 15 is 0 Å². The van der Waals surface area contributed by atoms with Crippen LogP contribution in [0.15, 0.2) is 42.5 Å². The Balaban J connectivity index is 2.11. The lowest BCUT2D eigenvalue weighted by Crippen LogP contribution is -2.28. The molecule has 1 N–H and O–H groups in total. The van der Waals surface area contributed by atoms with Crippen LogP contribution in [0.25, 0.3) is 0 Å². The van der Waals surface area contributed by atoms with Crippen molar-refractivity contribution >= 4 is 33.2 Å². The zero-order chi connectivity index (χ0) is 18.8. The maximum Gasteiger partial charge on any atom is 0.216 e. The Morgan fingerprint density at radius 3 is 2.16 bits per heavy atom. The van der Waals surface area contributed by atoms with Crippen LogP contribution in [0.2, 0.25) is 10.0 Å². The van der Waals surface area contributed by atoms with Crippen LogP contribution in [0.5, 0.6) is 0 Å². The molecular formula is C19H23Cl2NO2S. The highest BCUT2D eigenvalue weighted by Crippen LogP contribution is 2.25. The fourth-order valence-electron chi connectivity index (χ4n) is 2.49. The van der Waals surface area contributed by atoms with Crippen LogP contribution in [0, 0.1) is 0 Å². The van der Waals surface area contributed by atoms with Gasteiger partial charge in [0.25, 0.3) is 0 Å². The lowest BCUT2D eigenvalue weighted by atomic mass is 9.86. The van der Waals surface area contributed by atoms with Gasteiger partial charge in [-0.05, 0) is 41.2 Å². The van der Waals surface area contributed by atoms with Gasteiger partial charge in [0.15, 0.2) is 0 Å². The summed E-state index contributed by atoms with van der Waals surface area (Å²) in [5, 5.41) is 0.825. The average molecular weight is 400 g/mol. The minimum Gasteiger partial charge on any atom is -0.212 e. The number of benzene rings is 2. The molecule has 0 amide bonds. The Morgan fingerprint density at radius 2 is 1.64 bits per heavy atom. The second kappa shape index (κ2) is 7.67. The van der Waals surface area contributed by atoms with Gasteiger partial charge in [-0.25, -0.2) is 13.1 Å². The van der Waals surface area contributed by atoms with E-state index in [1.54, 1.807) is 18.2 Å². The van der Waals surface area contributed by atoms with Crippen molar-refractivity contribution in [3.05, 3.63) is 69.2 Å². The Labute approximate surface area is 160 Å². The summed E-state index contributed by atoms with van der Waals surface area (Å²) in [4.78, 5) is 0. The number of nitrogens with one attached hydrogen (secondary N) is 1. The number of sulfonamides is 1. The maximum absolute atomic E-state index is 12.4. The first-order valence-electron chi connectivity index (χ1n) is 8.02. The molecule has 0 aliphatic carbocycles. The fourth-order valence-corrected chi connectivity index (χ4v) is 4.47. The highest BCUT2D eigenvalue weighted by molar-refractivity contribution is 7.88. The van der Waals surface area contributed by atoms with Gasteiger partial charge in [0, 0.05) is 16.1 Å². The maximum atomic E-state index is 12.4. The Hall–Kier alpha value is -1.07. The summed E-state index contributed by atoms with van der Waals surface area (Å²) in [5.74, 6) is -0.187. The van der Waals surface area contributed by atoms with Crippen LogP contribution in [-0.4, -0.2) is 8.42 Å². The first-order chi connectivity index (χ1) is 11.5. The summed E-state index contributed by atoms with van der Waals surface area (Å²) in [7, 11) is -3.53. The third-order valence-electron chi connectivity index (χ3n) is 3.99. The molecule has 0 unspecified atom stereocenters. The highest BCUT2D eigenvalue weighted by atomic mass is 35.5. The number of hydrogen-bond acceptors (Lipinski definition) is 2. The summed E-state index contributed by atoms with van der Waals surface area (Å²) < 4.78 is 27.6. The molecule has 1 atom stereocenters. The molecular weight excluding hydrogens is 377 g/mol. The van der Waals surface area contributed by atoms with Gasteiger partial charge >= 0.3 is 0 Å². The second-order valence-corrected chi connectivity index (χ2v) is 9.80. The van der Waals surface area contributed by atoms with E-state index in [0.29, 0.717) is 15.6 Å². The van der Waals surface area contributed by atoms with Gasteiger partial charge in [-0.2, -0.15) is 0 Å². The predicted octanol–water partition coefficient (Wildman–Crippen LogP) is 5.47. The molecule has 25 heavy (non-hydrogen) atoms. The monoisotopic (exact) mass is 399 g/mol. The third kappa shape index (κ3) is 5.71. The molecule has 0 fully saturated rings. The SMILES string of the molecule is C[C@H](NS(=O)(=O)Cc1ccc(Cl)cc1Cl)c1ccc(C(C)(C)C)cc1. The minimum atomic E-state index is -3.53. The quantitative estimate of drug-likeness (QED) is 0.723. The summed E-state index contributed by atoms with van der Waals surface area (Å²) >= 11 is 11.9. The van der Waals surface area contributed by atoms with Crippen LogP contribution < -0.4 is 4.72 Å². The molecule has 0 bridgehead atoms. The van der Waals surface area contributed by atoms with Gasteiger partial charge in [0.2, 0.25) is 10.0 Å². The van der Waals surface area contributed by atoms with E-state index in [1.165, 1.54) is 5.56 Å². The topological polar surface area (TPSA) is 46.2 Å². The largest absolute Gasteiger partial charge is 0.216 e. The normalized spacial score (nSPS) is 13.7. The van der Waals surface area contributed by atoms with Crippen LogP contribution in [-0.2, 0) is 21.2 Å². The van der Waals surface area contributed by atoms with Crippen molar-refractivity contribution in [1.29, 1.82) is 0 Å². The summed E-state index contributed by atoms with van der Waals surface area (Å²) in [6.45, 7) is 8.26. The fraction of sp³-hybridized carbons (Fsp3) is 0.368. The molecule has 2 aromatic rings. The van der Waals surface area contributed by atoms with Crippen molar-refractivity contribution < 1.29 is 8.42 Å². The van der Waals surface area contributed by atoms with E-state index < -0.39 is 10.0 Å². The average Bonchev–Trinajstić information content (AvgIpc) is 2.49. The molecule has 6 heteroatoms. The number of hydrogen-bond donors (Lipinski definition) is 1. The highest BCUT2D eigenvalue weighted by Gasteiger charge is 2.19. The standard InChI is InChI=1S/C19H23Cl2NO2S/c1-13(14-5-8-16(9-6-14)19(2,3)4)22-25(23,24)12-15-7-10-17(20)11-18(15)21/h5-11,13,22H,12H2,1-4H3/t13-/m0/s1. The van der Waals surface area contributed by atoms with Gasteiger partial charge in [-0.15, -0.1) is 0 Å². The van der Waals surface area contributed by atoms with E-state index in [-0.39, 0.29) is 17.2 Å². The van der Waals surface area contributed by atoms with Crippen LogP contribution in [0.1, 0.15) is 50.4 Å². The first-order valence-corrected chi connectivity index (χ1v) is 10.4. The smallest absolute Gasteiger partial charge is 0.212 e. The third-order valence-corrected chi connectivity index (χ3v) is 5.98. The van der Waals surface area contributed by atoms with Gasteiger partial charge in [0.05, 0.1) is 5.75 Å². The van der Waals surface area contributed by atoms with E-state index in [0.717, 1.165) is 5.56 Å². The Bertz CT molecular complexity index is 841. The lowest BCUT2D eigenvalue weighted by molar-refractivity contribution is 0.565. The lowest BCUT2D eigenvalue weighted by Gasteiger charge is -2.21. The molecule has 0 aliphatic rings. The molecule has 3 nitrogen and oxygen atoms in total. The molecule has 0 heterocycles. The van der Waals surface area contributed by atoms with Crippen LogP contribution >= 0.6 is 23.2 Å². The van der Waals surface area contributed by atoms with E-state index in [2.05, 4.69) is 25.5 Å². The Morgan fingerprint density at radius 1 is 1.04 bits per heavy atom. The van der Waals surface area contributed by atoms with Crippen molar-refractivity contribution in [2.45, 2.75) is 44.9 Å². The molecule has 0 radical (unpaired) electrons. The van der Waals surface area contributed by atoms with Crippen molar-refractivity contribution in [2.24, 2.45) is 0 Å². The predicted molar refractivity (Wildman–Crippen MR) is 106 cm³/mol.